The zero-order valence-electron chi connectivity index (χ0n) is 7.77. The van der Waals surface area contributed by atoms with Gasteiger partial charge in [0.15, 0.2) is 0 Å². The molecule has 0 heterocycles. The molecule has 0 aromatic heterocycles. The van der Waals surface area contributed by atoms with Gasteiger partial charge >= 0.3 is 0 Å². The number of hydrogen-bond donors (Lipinski definition) is 0. The van der Waals surface area contributed by atoms with Gasteiger partial charge in [-0.3, -0.25) is 0 Å². The number of aldehydes is 1. The van der Waals surface area contributed by atoms with E-state index in [9.17, 15) is 4.79 Å². The highest BCUT2D eigenvalue weighted by molar-refractivity contribution is 5.50. The van der Waals surface area contributed by atoms with E-state index < -0.39 is 0 Å². The molecule has 2 heteroatoms. The van der Waals surface area contributed by atoms with Crippen molar-refractivity contribution in [3.8, 4) is 0 Å². The topological polar surface area (TPSA) is 26.3 Å². The molecule has 1 rings (SSSR count). The van der Waals surface area contributed by atoms with Crippen molar-refractivity contribution in [1.82, 2.24) is 0 Å². The van der Waals surface area contributed by atoms with Crippen LogP contribution in [0.15, 0.2) is 30.3 Å². The van der Waals surface area contributed by atoms with E-state index in [0.29, 0.717) is 6.42 Å². The van der Waals surface area contributed by atoms with Crippen LogP contribution in [0.2, 0.25) is 0 Å². The second kappa shape index (κ2) is 5.49. The number of rotatable bonds is 5. The van der Waals surface area contributed by atoms with E-state index in [1.165, 1.54) is 5.56 Å². The summed E-state index contributed by atoms with van der Waals surface area (Å²) in [5.74, 6) is 0. The standard InChI is InChI=1S/C11H14O2/c1-13-11(7-8-12)9-10-5-3-2-4-6-10/h2-6,8,11H,7,9H2,1H3. The molecule has 2 nitrogen and oxygen atoms in total. The smallest absolute Gasteiger partial charge is 0.122 e. The molecule has 1 aromatic carbocycles. The quantitative estimate of drug-likeness (QED) is 0.643. The van der Waals surface area contributed by atoms with Gasteiger partial charge in [0.25, 0.3) is 0 Å². The zero-order valence-corrected chi connectivity index (χ0v) is 7.77. The summed E-state index contributed by atoms with van der Waals surface area (Å²) in [6.45, 7) is 0. The molecule has 70 valence electrons. The molecule has 0 saturated carbocycles. The average Bonchev–Trinajstić information content (AvgIpc) is 2.19. The maximum absolute atomic E-state index is 10.3. The summed E-state index contributed by atoms with van der Waals surface area (Å²) in [7, 11) is 1.64. The fourth-order valence-corrected chi connectivity index (χ4v) is 1.25. The first-order valence-electron chi connectivity index (χ1n) is 4.37. The Balaban J connectivity index is 2.51. The first-order chi connectivity index (χ1) is 6.36. The second-order valence-electron chi connectivity index (χ2n) is 2.95. The van der Waals surface area contributed by atoms with Crippen molar-refractivity contribution in [2.75, 3.05) is 7.11 Å². The monoisotopic (exact) mass is 178 g/mol. The van der Waals surface area contributed by atoms with Crippen LogP contribution in [-0.4, -0.2) is 19.5 Å². The Morgan fingerprint density at radius 1 is 1.38 bits per heavy atom. The molecule has 0 fully saturated rings. The van der Waals surface area contributed by atoms with Crippen molar-refractivity contribution in [1.29, 1.82) is 0 Å². The SMILES string of the molecule is COC(CC=O)Cc1ccccc1. The Bertz CT molecular complexity index is 244. The average molecular weight is 178 g/mol. The maximum Gasteiger partial charge on any atom is 0.122 e. The van der Waals surface area contributed by atoms with E-state index in [-0.39, 0.29) is 6.10 Å². The van der Waals surface area contributed by atoms with E-state index in [4.69, 9.17) is 4.74 Å². The van der Waals surface area contributed by atoms with E-state index >= 15 is 0 Å². The van der Waals surface area contributed by atoms with E-state index in [0.717, 1.165) is 12.7 Å². The van der Waals surface area contributed by atoms with Crippen LogP contribution in [0.4, 0.5) is 0 Å². The minimum Gasteiger partial charge on any atom is -0.381 e. The number of methoxy groups -OCH3 is 1. The van der Waals surface area contributed by atoms with Gasteiger partial charge in [0.05, 0.1) is 6.10 Å². The fraction of sp³-hybridized carbons (Fsp3) is 0.364. The normalized spacial score (nSPS) is 12.4. The van der Waals surface area contributed by atoms with Crippen LogP contribution in [0, 0.1) is 0 Å². The van der Waals surface area contributed by atoms with Gasteiger partial charge in [-0.25, -0.2) is 0 Å². The Hall–Kier alpha value is -1.15. The highest BCUT2D eigenvalue weighted by atomic mass is 16.5. The van der Waals surface area contributed by atoms with Crippen molar-refractivity contribution in [2.24, 2.45) is 0 Å². The van der Waals surface area contributed by atoms with Crippen molar-refractivity contribution in [3.05, 3.63) is 35.9 Å². The molecule has 0 spiro atoms. The van der Waals surface area contributed by atoms with Crippen molar-refractivity contribution >= 4 is 6.29 Å². The Morgan fingerprint density at radius 2 is 2.08 bits per heavy atom. The summed E-state index contributed by atoms with van der Waals surface area (Å²) in [5.41, 5.74) is 1.20. The summed E-state index contributed by atoms with van der Waals surface area (Å²) >= 11 is 0. The zero-order chi connectivity index (χ0) is 9.52. The van der Waals surface area contributed by atoms with E-state index in [2.05, 4.69) is 0 Å². The predicted octanol–water partition coefficient (Wildman–Crippen LogP) is 1.83. The van der Waals surface area contributed by atoms with Gasteiger partial charge < -0.3 is 9.53 Å². The molecule has 0 aliphatic rings. The molecule has 0 radical (unpaired) electrons. The molecule has 0 bridgehead atoms. The van der Waals surface area contributed by atoms with Gasteiger partial charge in [-0.05, 0) is 12.0 Å². The summed E-state index contributed by atoms with van der Waals surface area (Å²) in [5, 5.41) is 0. The molecule has 1 atom stereocenters. The molecule has 0 aliphatic carbocycles. The van der Waals surface area contributed by atoms with Crippen LogP contribution >= 0.6 is 0 Å². The Morgan fingerprint density at radius 3 is 2.62 bits per heavy atom. The lowest BCUT2D eigenvalue weighted by atomic mass is 10.1. The molecule has 0 amide bonds. The first kappa shape index (κ1) is 9.93. The van der Waals surface area contributed by atoms with Crippen LogP contribution in [0.1, 0.15) is 12.0 Å². The highest BCUT2D eigenvalue weighted by Crippen LogP contribution is 2.06. The van der Waals surface area contributed by atoms with Crippen LogP contribution in [0.5, 0.6) is 0 Å². The molecule has 0 N–H and O–H groups in total. The second-order valence-corrected chi connectivity index (χ2v) is 2.95. The van der Waals surface area contributed by atoms with Gasteiger partial charge in [0.2, 0.25) is 0 Å². The minimum absolute atomic E-state index is 0.0138. The summed E-state index contributed by atoms with van der Waals surface area (Å²) < 4.78 is 5.16. The molecule has 1 unspecified atom stereocenters. The van der Waals surface area contributed by atoms with Gasteiger partial charge in [0.1, 0.15) is 6.29 Å². The van der Waals surface area contributed by atoms with Gasteiger partial charge in [-0.1, -0.05) is 30.3 Å². The maximum atomic E-state index is 10.3. The molecular weight excluding hydrogens is 164 g/mol. The van der Waals surface area contributed by atoms with Crippen molar-refractivity contribution < 1.29 is 9.53 Å². The van der Waals surface area contributed by atoms with Crippen LogP contribution in [0.3, 0.4) is 0 Å². The van der Waals surface area contributed by atoms with E-state index in [1.54, 1.807) is 7.11 Å². The number of benzene rings is 1. The lowest BCUT2D eigenvalue weighted by molar-refractivity contribution is -0.109. The molecular formula is C11H14O2. The van der Waals surface area contributed by atoms with Crippen molar-refractivity contribution in [2.45, 2.75) is 18.9 Å². The van der Waals surface area contributed by atoms with Gasteiger partial charge in [0, 0.05) is 13.5 Å². The molecule has 1 aromatic rings. The summed E-state index contributed by atoms with van der Waals surface area (Å²) in [4.78, 5) is 10.3. The van der Waals surface area contributed by atoms with Crippen LogP contribution < -0.4 is 0 Å². The fourth-order valence-electron chi connectivity index (χ4n) is 1.25. The first-order valence-corrected chi connectivity index (χ1v) is 4.37. The number of hydrogen-bond acceptors (Lipinski definition) is 2. The van der Waals surface area contributed by atoms with Crippen molar-refractivity contribution in [3.63, 3.8) is 0 Å². The molecule has 0 saturated heterocycles. The number of carbonyl (C=O) groups excluding carboxylic acids is 1. The van der Waals surface area contributed by atoms with Gasteiger partial charge in [-0.15, -0.1) is 0 Å². The highest BCUT2D eigenvalue weighted by Gasteiger charge is 2.06. The Kier molecular flexibility index (Phi) is 4.19. The van der Waals surface area contributed by atoms with Gasteiger partial charge in [-0.2, -0.15) is 0 Å². The Labute approximate surface area is 78.5 Å². The minimum atomic E-state index is 0.0138. The number of ether oxygens (including phenoxy) is 1. The van der Waals surface area contributed by atoms with Crippen LogP contribution in [0.25, 0.3) is 0 Å². The summed E-state index contributed by atoms with van der Waals surface area (Å²) in [6, 6.07) is 10.0. The van der Waals surface area contributed by atoms with Crippen LogP contribution in [-0.2, 0) is 16.0 Å². The largest absolute Gasteiger partial charge is 0.381 e. The molecule has 13 heavy (non-hydrogen) atoms. The summed E-state index contributed by atoms with van der Waals surface area (Å²) in [6.07, 6.45) is 2.18. The van der Waals surface area contributed by atoms with E-state index in [1.807, 2.05) is 30.3 Å². The third kappa shape index (κ3) is 3.38. The predicted molar refractivity (Wildman–Crippen MR) is 51.6 cm³/mol. The number of carbonyl (C=O) groups is 1. The lowest BCUT2D eigenvalue weighted by Crippen LogP contribution is -2.14. The third-order valence-corrected chi connectivity index (χ3v) is 2.00. The lowest BCUT2D eigenvalue weighted by Gasteiger charge is -2.11. The molecule has 0 aliphatic heterocycles. The third-order valence-electron chi connectivity index (χ3n) is 2.00.